The van der Waals surface area contributed by atoms with E-state index in [9.17, 15) is 13.9 Å². The summed E-state index contributed by atoms with van der Waals surface area (Å²) < 4.78 is 30.4. The van der Waals surface area contributed by atoms with Gasteiger partial charge in [0.05, 0.1) is 53.5 Å². The van der Waals surface area contributed by atoms with Crippen LogP contribution in [0.2, 0.25) is 0 Å². The maximum absolute atomic E-state index is 14.5. The van der Waals surface area contributed by atoms with Crippen LogP contribution in [0, 0.1) is 17.0 Å². The minimum Gasteiger partial charge on any atom is -0.394 e. The highest BCUT2D eigenvalue weighted by Crippen LogP contribution is 2.69. The largest absolute Gasteiger partial charge is 0.394 e. The van der Waals surface area contributed by atoms with Crippen LogP contribution in [0.3, 0.4) is 0 Å². The van der Waals surface area contributed by atoms with Gasteiger partial charge in [-0.3, -0.25) is 0 Å². The van der Waals surface area contributed by atoms with Crippen LogP contribution < -0.4 is 0 Å². The summed E-state index contributed by atoms with van der Waals surface area (Å²) in [7, 11) is 0. The molecule has 4 aromatic rings. The number of hydrogen-bond acceptors (Lipinski definition) is 8. The first-order valence-corrected chi connectivity index (χ1v) is 12.1. The molecule has 2 bridgehead atoms. The monoisotopic (exact) mass is 505 g/mol. The molecule has 3 aromatic heterocycles. The van der Waals surface area contributed by atoms with E-state index in [1.807, 2.05) is 6.07 Å². The van der Waals surface area contributed by atoms with Crippen LogP contribution in [0.1, 0.15) is 49.6 Å². The van der Waals surface area contributed by atoms with Crippen molar-refractivity contribution in [3.8, 4) is 22.8 Å². The first-order valence-electron chi connectivity index (χ1n) is 12.1. The van der Waals surface area contributed by atoms with Gasteiger partial charge in [0, 0.05) is 6.20 Å². The summed E-state index contributed by atoms with van der Waals surface area (Å²) in [6, 6.07) is 7.41. The molecular weight excluding hydrogens is 480 g/mol. The lowest BCUT2D eigenvalue weighted by Crippen LogP contribution is -2.38. The third kappa shape index (κ3) is 3.41. The summed E-state index contributed by atoms with van der Waals surface area (Å²) in [5, 5.41) is 35.8. The van der Waals surface area contributed by atoms with Gasteiger partial charge in [0.2, 0.25) is 0 Å². The minimum absolute atomic E-state index is 0.0930. The van der Waals surface area contributed by atoms with E-state index in [4.69, 9.17) is 10.1 Å². The van der Waals surface area contributed by atoms with Crippen LogP contribution in [-0.2, 0) is 12.0 Å². The second-order valence-corrected chi connectivity index (χ2v) is 10.3. The van der Waals surface area contributed by atoms with Crippen molar-refractivity contribution < 1.29 is 19.0 Å². The fraction of sp³-hybridized carbons (Fsp3) is 0.385. The van der Waals surface area contributed by atoms with Crippen LogP contribution >= 0.6 is 0 Å². The van der Waals surface area contributed by atoms with Crippen molar-refractivity contribution in [3.63, 3.8) is 0 Å². The number of aromatic nitrogens is 7. The van der Waals surface area contributed by atoms with Gasteiger partial charge >= 0.3 is 0 Å². The van der Waals surface area contributed by atoms with Gasteiger partial charge in [-0.15, -0.1) is 10.2 Å². The molecule has 1 aromatic carbocycles. The first kappa shape index (κ1) is 23.7. The normalized spacial score (nSPS) is 22.3. The van der Waals surface area contributed by atoms with Crippen molar-refractivity contribution in [2.24, 2.45) is 5.41 Å². The predicted molar refractivity (Wildman–Crippen MR) is 128 cm³/mol. The number of hydrogen-bond donors (Lipinski definition) is 2. The Balaban J connectivity index is 1.43. The number of nitrogens with zero attached hydrogens (tertiary/aromatic N) is 7. The standard InChI is InChI=1S/C26H25F2N7O2/c1-25(2)16-6-8-26(25,23-15(16)10-19(31-33-23)22-17(27)4-3-5-18(22)28)21-7-9-29-24(30-21)20-12-35(34-32-20)11-14(37)13-36/h3-5,7,9-10,12,14,16,36-37H,6,8,11,13H2,1-2H3/t14-,16+,26-/m1/s1. The van der Waals surface area contributed by atoms with Gasteiger partial charge < -0.3 is 10.2 Å². The molecule has 37 heavy (non-hydrogen) atoms. The zero-order valence-corrected chi connectivity index (χ0v) is 20.3. The molecule has 3 atom stereocenters. The lowest BCUT2D eigenvalue weighted by molar-refractivity contribution is 0.0778. The molecule has 1 saturated carbocycles. The molecule has 11 heteroatoms. The van der Waals surface area contributed by atoms with E-state index in [1.165, 1.54) is 22.9 Å². The quantitative estimate of drug-likeness (QED) is 0.410. The summed E-state index contributed by atoms with van der Waals surface area (Å²) in [5.41, 5.74) is 2.07. The summed E-state index contributed by atoms with van der Waals surface area (Å²) in [4.78, 5) is 9.28. The SMILES string of the molecule is CC1(C)[C@H]2CC[C@@]1(c1ccnc(-c3cn(C[C@@H](O)CO)nn3)n1)c1nnc(-c3c(F)cccc3F)cc12. The lowest BCUT2D eigenvalue weighted by atomic mass is 9.66. The molecule has 0 aliphatic heterocycles. The minimum atomic E-state index is -0.951. The second-order valence-electron chi connectivity index (χ2n) is 10.3. The first-order chi connectivity index (χ1) is 17.8. The Morgan fingerprint density at radius 1 is 1.11 bits per heavy atom. The van der Waals surface area contributed by atoms with Crippen LogP contribution in [0.5, 0.6) is 0 Å². The molecule has 0 unspecified atom stereocenters. The number of rotatable bonds is 6. The molecule has 0 saturated heterocycles. The van der Waals surface area contributed by atoms with Crippen molar-refractivity contribution >= 4 is 0 Å². The fourth-order valence-corrected chi connectivity index (χ4v) is 6.24. The third-order valence-corrected chi connectivity index (χ3v) is 8.07. The molecule has 9 nitrogen and oxygen atoms in total. The van der Waals surface area contributed by atoms with E-state index < -0.39 is 23.2 Å². The summed E-state index contributed by atoms with van der Waals surface area (Å²) in [6.45, 7) is 4.05. The number of benzene rings is 1. The van der Waals surface area contributed by atoms with Crippen LogP contribution in [0.4, 0.5) is 8.78 Å². The Kier molecular flexibility index (Phi) is 5.39. The molecule has 6 rings (SSSR count). The topological polar surface area (TPSA) is 123 Å². The van der Waals surface area contributed by atoms with Crippen molar-refractivity contribution in [2.75, 3.05) is 6.61 Å². The number of fused-ring (bicyclic) bond motifs is 5. The van der Waals surface area contributed by atoms with E-state index in [-0.39, 0.29) is 35.7 Å². The number of aliphatic hydroxyl groups is 2. The Hall–Kier alpha value is -3.70. The zero-order chi connectivity index (χ0) is 25.9. The van der Waals surface area contributed by atoms with Crippen LogP contribution in [0.25, 0.3) is 22.8 Å². The Bertz CT molecular complexity index is 1490. The van der Waals surface area contributed by atoms with E-state index >= 15 is 0 Å². The summed E-state index contributed by atoms with van der Waals surface area (Å²) >= 11 is 0. The summed E-state index contributed by atoms with van der Waals surface area (Å²) in [5.74, 6) is -0.856. The second kappa shape index (κ2) is 8.42. The average molecular weight is 506 g/mol. The zero-order valence-electron chi connectivity index (χ0n) is 20.3. The molecule has 0 spiro atoms. The fourth-order valence-electron chi connectivity index (χ4n) is 6.24. The predicted octanol–water partition coefficient (Wildman–Crippen LogP) is 3.03. The number of aliphatic hydroxyl groups excluding tert-OH is 2. The lowest BCUT2D eigenvalue weighted by Gasteiger charge is -2.37. The van der Waals surface area contributed by atoms with Gasteiger partial charge in [-0.25, -0.2) is 23.4 Å². The van der Waals surface area contributed by atoms with Crippen molar-refractivity contribution in [2.45, 2.75) is 50.7 Å². The van der Waals surface area contributed by atoms with Gasteiger partial charge in [-0.05, 0) is 54.0 Å². The molecular formula is C26H25F2N7O2. The van der Waals surface area contributed by atoms with Gasteiger partial charge in [-0.1, -0.05) is 25.1 Å². The van der Waals surface area contributed by atoms with E-state index in [0.29, 0.717) is 11.5 Å². The maximum Gasteiger partial charge on any atom is 0.181 e. The van der Waals surface area contributed by atoms with E-state index in [1.54, 1.807) is 18.5 Å². The molecule has 0 amide bonds. The molecule has 2 aliphatic rings. The highest BCUT2D eigenvalue weighted by atomic mass is 19.1. The molecule has 2 aliphatic carbocycles. The summed E-state index contributed by atoms with van der Waals surface area (Å²) in [6.07, 6.45) is 4.01. The average Bonchev–Trinajstić information content (AvgIpc) is 3.51. The maximum atomic E-state index is 14.5. The molecule has 2 N–H and O–H groups in total. The Morgan fingerprint density at radius 2 is 1.89 bits per heavy atom. The molecule has 3 heterocycles. The van der Waals surface area contributed by atoms with Gasteiger partial charge in [0.1, 0.15) is 17.3 Å². The van der Waals surface area contributed by atoms with Gasteiger partial charge in [-0.2, -0.15) is 5.10 Å². The Morgan fingerprint density at radius 3 is 2.65 bits per heavy atom. The van der Waals surface area contributed by atoms with Crippen molar-refractivity contribution in [3.05, 3.63) is 71.3 Å². The highest BCUT2D eigenvalue weighted by Gasteiger charge is 2.65. The van der Waals surface area contributed by atoms with Gasteiger partial charge in [0.25, 0.3) is 0 Å². The third-order valence-electron chi connectivity index (χ3n) is 8.07. The van der Waals surface area contributed by atoms with Crippen molar-refractivity contribution in [1.29, 1.82) is 0 Å². The van der Waals surface area contributed by atoms with E-state index in [0.717, 1.165) is 29.8 Å². The van der Waals surface area contributed by atoms with Crippen molar-refractivity contribution in [1.82, 2.24) is 35.2 Å². The van der Waals surface area contributed by atoms with Crippen LogP contribution in [-0.4, -0.2) is 58.1 Å². The van der Waals surface area contributed by atoms with Crippen LogP contribution in [0.15, 0.2) is 42.7 Å². The Labute approximate surface area is 211 Å². The van der Waals surface area contributed by atoms with Gasteiger partial charge in [0.15, 0.2) is 5.82 Å². The highest BCUT2D eigenvalue weighted by molar-refractivity contribution is 5.64. The van der Waals surface area contributed by atoms with E-state index in [2.05, 4.69) is 39.3 Å². The molecule has 0 radical (unpaired) electrons. The number of halogens is 2. The molecule has 190 valence electrons. The molecule has 1 fully saturated rings. The smallest absolute Gasteiger partial charge is 0.181 e.